The molecule has 79 heavy (non-hydrogen) atoms. The van der Waals surface area contributed by atoms with Gasteiger partial charge in [-0.05, 0) is 141 Å². The van der Waals surface area contributed by atoms with Crippen LogP contribution >= 0.6 is 0 Å². The summed E-state index contributed by atoms with van der Waals surface area (Å²) in [6.45, 7) is 4.97. The van der Waals surface area contributed by atoms with Crippen LogP contribution < -0.4 is 25.6 Å². The highest BCUT2D eigenvalue weighted by Crippen LogP contribution is 2.42. The molecule has 8 aromatic rings. The first-order valence-electron chi connectivity index (χ1n) is 25.9. The molecule has 12 rings (SSSR count). The van der Waals surface area contributed by atoms with Gasteiger partial charge in [-0.2, -0.15) is 0 Å². The zero-order valence-corrected chi connectivity index (χ0v) is 42.9. The number of pyridine rings is 1. The topological polar surface area (TPSA) is 234 Å². The van der Waals surface area contributed by atoms with E-state index in [-0.39, 0.29) is 28.1 Å². The summed E-state index contributed by atoms with van der Waals surface area (Å²) >= 11 is 0. The maximum atomic E-state index is 13.8. The van der Waals surface area contributed by atoms with Crippen LogP contribution in [0.15, 0.2) is 140 Å². The number of aromatic nitrogens is 5. The normalized spacial score (nSPS) is 14.6. The predicted molar refractivity (Wildman–Crippen MR) is 295 cm³/mol. The Bertz CT molecular complexity index is 3480. The molecular formula is C60H55F2N9O8. The minimum Gasteiger partial charge on any atom is -0.490 e. The van der Waals surface area contributed by atoms with Crippen LogP contribution in [0.1, 0.15) is 98.1 Å². The number of anilines is 7. The second kappa shape index (κ2) is 23.9. The van der Waals surface area contributed by atoms with Gasteiger partial charge in [-0.1, -0.05) is 42.0 Å². The van der Waals surface area contributed by atoms with Crippen LogP contribution in [-0.2, 0) is 4.74 Å². The number of benzene rings is 5. The summed E-state index contributed by atoms with van der Waals surface area (Å²) in [5.74, 6) is -1.24. The lowest BCUT2D eigenvalue weighted by molar-refractivity contribution is 0.0687. The van der Waals surface area contributed by atoms with Crippen LogP contribution in [0.4, 0.5) is 48.7 Å². The van der Waals surface area contributed by atoms with Gasteiger partial charge >= 0.3 is 17.9 Å². The first-order valence-corrected chi connectivity index (χ1v) is 25.9. The maximum absolute atomic E-state index is 13.8. The van der Waals surface area contributed by atoms with Gasteiger partial charge in [0.1, 0.15) is 23.2 Å². The van der Waals surface area contributed by atoms with Crippen LogP contribution in [0.3, 0.4) is 0 Å². The van der Waals surface area contributed by atoms with Crippen molar-refractivity contribution in [1.82, 2.24) is 24.9 Å². The van der Waals surface area contributed by atoms with E-state index in [1.54, 1.807) is 48.9 Å². The molecule has 0 radical (unpaired) electrons. The Balaban J connectivity index is 0.000000135. The first-order chi connectivity index (χ1) is 38.3. The highest BCUT2D eigenvalue weighted by atomic mass is 19.1. The SMILES string of the molecule is Cc1ccc(Nc2ccc(N3CCOCC3)nc2)c(C(=O)O)c1.O=C(O)c1cc(C2CC2)ccc1Nc1cnc(-c2c(F)cccc2F)nc1.O=C(O)c1cc(C2CC2)ccc1Nc1cnc(-c2cccc(OC3CC3)c2)nc1. The maximum Gasteiger partial charge on any atom is 0.337 e. The summed E-state index contributed by atoms with van der Waals surface area (Å²) in [7, 11) is 0. The van der Waals surface area contributed by atoms with E-state index in [4.69, 9.17) is 9.47 Å². The predicted octanol–water partition coefficient (Wildman–Crippen LogP) is 12.4. The molecule has 1 saturated heterocycles. The van der Waals surface area contributed by atoms with Crippen molar-refractivity contribution in [2.75, 3.05) is 47.2 Å². The van der Waals surface area contributed by atoms with E-state index in [2.05, 4.69) is 45.8 Å². The van der Waals surface area contributed by atoms with Crippen molar-refractivity contribution >= 4 is 57.9 Å². The number of hydrogen-bond acceptors (Lipinski definition) is 14. The lowest BCUT2D eigenvalue weighted by Crippen LogP contribution is -2.36. The molecule has 0 unspecified atom stereocenters. The minimum atomic E-state index is -1.04. The van der Waals surface area contributed by atoms with Crippen molar-refractivity contribution in [1.29, 1.82) is 0 Å². The molecule has 402 valence electrons. The van der Waals surface area contributed by atoms with E-state index >= 15 is 0 Å². The summed E-state index contributed by atoms with van der Waals surface area (Å²) in [5.41, 5.74) is 7.59. The number of nitrogens with one attached hydrogen (secondary N) is 3. The summed E-state index contributed by atoms with van der Waals surface area (Å²) in [5, 5.41) is 37.6. The Labute approximate surface area is 453 Å². The van der Waals surface area contributed by atoms with Gasteiger partial charge in [0, 0.05) is 18.7 Å². The lowest BCUT2D eigenvalue weighted by Gasteiger charge is -2.27. The molecule has 4 aliphatic rings. The Morgan fingerprint density at radius 3 is 1.56 bits per heavy atom. The number of halogens is 2. The third-order valence-corrected chi connectivity index (χ3v) is 13.4. The van der Waals surface area contributed by atoms with E-state index in [0.717, 1.165) is 103 Å². The molecular weight excluding hydrogens is 1010 g/mol. The van der Waals surface area contributed by atoms with Gasteiger partial charge in [-0.25, -0.2) is 48.1 Å². The molecule has 0 bridgehead atoms. The fourth-order valence-corrected chi connectivity index (χ4v) is 8.75. The number of rotatable bonds is 16. The van der Waals surface area contributed by atoms with Crippen molar-refractivity contribution in [2.24, 2.45) is 0 Å². The zero-order chi connectivity index (χ0) is 55.0. The highest BCUT2D eigenvalue weighted by molar-refractivity contribution is 5.97. The van der Waals surface area contributed by atoms with Crippen LogP contribution in [0, 0.1) is 18.6 Å². The molecule has 1 aliphatic heterocycles. The van der Waals surface area contributed by atoms with Crippen LogP contribution in [0.5, 0.6) is 5.75 Å². The van der Waals surface area contributed by atoms with Gasteiger partial charge in [0.25, 0.3) is 0 Å². The van der Waals surface area contributed by atoms with Gasteiger partial charge in [-0.3, -0.25) is 0 Å². The van der Waals surface area contributed by atoms with E-state index in [1.165, 1.54) is 18.5 Å². The van der Waals surface area contributed by atoms with Crippen LogP contribution in [-0.4, -0.2) is 90.6 Å². The van der Waals surface area contributed by atoms with E-state index < -0.39 is 29.5 Å². The number of carboxylic acids is 3. The average Bonchev–Trinajstić information content (AvgIpc) is 4.32. The number of hydrogen-bond donors (Lipinski definition) is 6. The molecule has 17 nitrogen and oxygen atoms in total. The summed E-state index contributed by atoms with van der Waals surface area (Å²) < 4.78 is 38.8. The number of ether oxygens (including phenoxy) is 2. The number of morpholine rings is 1. The Morgan fingerprint density at radius 1 is 0.557 bits per heavy atom. The second-order valence-corrected chi connectivity index (χ2v) is 19.5. The molecule has 0 amide bonds. The number of aryl methyl sites for hydroxylation is 1. The van der Waals surface area contributed by atoms with Gasteiger partial charge in [0.05, 0.1) is 107 Å². The van der Waals surface area contributed by atoms with Gasteiger partial charge in [-0.15, -0.1) is 0 Å². The molecule has 4 fully saturated rings. The average molecular weight is 1070 g/mol. The first kappa shape index (κ1) is 53.1. The molecule has 5 aromatic carbocycles. The van der Waals surface area contributed by atoms with Gasteiger partial charge < -0.3 is 45.6 Å². The number of nitrogens with zero attached hydrogens (tertiary/aromatic N) is 6. The van der Waals surface area contributed by atoms with Crippen molar-refractivity contribution in [2.45, 2.75) is 63.4 Å². The van der Waals surface area contributed by atoms with E-state index in [0.29, 0.717) is 65.4 Å². The number of aromatic carboxylic acids is 3. The van der Waals surface area contributed by atoms with Crippen molar-refractivity contribution in [3.05, 3.63) is 185 Å². The molecule has 4 heterocycles. The Hall–Kier alpha value is -9.36. The van der Waals surface area contributed by atoms with Gasteiger partial charge in [0.2, 0.25) is 0 Å². The summed E-state index contributed by atoms with van der Waals surface area (Å²) in [6, 6.07) is 31.3. The summed E-state index contributed by atoms with van der Waals surface area (Å²) in [4.78, 5) is 58.1. The van der Waals surface area contributed by atoms with Crippen molar-refractivity contribution in [3.63, 3.8) is 0 Å². The van der Waals surface area contributed by atoms with Crippen LogP contribution in [0.2, 0.25) is 0 Å². The minimum absolute atomic E-state index is 0.0845. The third-order valence-electron chi connectivity index (χ3n) is 13.4. The monoisotopic (exact) mass is 1070 g/mol. The molecule has 6 N–H and O–H groups in total. The fourth-order valence-electron chi connectivity index (χ4n) is 8.75. The Morgan fingerprint density at radius 2 is 1.05 bits per heavy atom. The van der Waals surface area contributed by atoms with E-state index in [1.807, 2.05) is 67.6 Å². The molecule has 3 aromatic heterocycles. The smallest absolute Gasteiger partial charge is 0.337 e. The Kier molecular flexibility index (Phi) is 16.0. The summed E-state index contributed by atoms with van der Waals surface area (Å²) in [6.07, 6.45) is 14.7. The molecule has 0 atom stereocenters. The molecule has 3 aliphatic carbocycles. The van der Waals surface area contributed by atoms with Crippen molar-refractivity contribution < 1.29 is 48.0 Å². The number of carbonyl (C=O) groups is 3. The quantitative estimate of drug-likeness (QED) is 0.0528. The fraction of sp³-hybridized carbons (Fsp3) is 0.233. The molecule has 3 saturated carbocycles. The third kappa shape index (κ3) is 13.8. The van der Waals surface area contributed by atoms with Crippen molar-refractivity contribution in [3.8, 4) is 28.5 Å². The van der Waals surface area contributed by atoms with Gasteiger partial charge in [0.15, 0.2) is 11.6 Å². The number of carboxylic acid groups (broad SMARTS) is 3. The standard InChI is InChI=1S/C23H21N3O3.C20H15F2N3O2.C17H19N3O3/c27-23(28)20-11-15(14-4-5-14)6-9-21(20)26-17-12-24-22(25-13-17)16-2-1-3-19(10-16)29-18-7-8-18;21-15-2-1-3-16(22)18(15)19-23-9-13(10-24-19)25-17-7-6-12(11-4-5-11)8-14(17)20(26)27;1-12-2-4-15(14(10-12)17(21)22)19-13-3-5-16(18-11-13)20-6-8-23-9-7-20/h1-3,6,9-14,18,26H,4-5,7-8H2,(H,27,28);1-3,6-11,25H,4-5H2,(H,26,27);2-5,10-11,19H,6-9H2,1H3,(H,21,22). The van der Waals surface area contributed by atoms with E-state index in [9.17, 15) is 38.5 Å². The molecule has 19 heteroatoms. The highest BCUT2D eigenvalue weighted by Gasteiger charge is 2.27. The zero-order valence-electron chi connectivity index (χ0n) is 42.9. The largest absolute Gasteiger partial charge is 0.490 e. The second-order valence-electron chi connectivity index (χ2n) is 19.5. The van der Waals surface area contributed by atoms with Crippen LogP contribution in [0.25, 0.3) is 22.8 Å². The molecule has 0 spiro atoms. The lowest BCUT2D eigenvalue weighted by atomic mass is 10.0.